The SMILES string of the molecule is CCOCCCC(Br)CC(C)C. The van der Waals surface area contributed by atoms with Gasteiger partial charge in [0.25, 0.3) is 0 Å². The van der Waals surface area contributed by atoms with Crippen LogP contribution >= 0.6 is 15.9 Å². The lowest BCUT2D eigenvalue weighted by Crippen LogP contribution is -2.04. The molecule has 0 bridgehead atoms. The third-order valence-corrected chi connectivity index (χ3v) is 2.57. The quantitative estimate of drug-likeness (QED) is 0.485. The summed E-state index contributed by atoms with van der Waals surface area (Å²) in [7, 11) is 0. The van der Waals surface area contributed by atoms with Crippen molar-refractivity contribution in [2.24, 2.45) is 5.92 Å². The minimum atomic E-state index is 0.679. The van der Waals surface area contributed by atoms with Crippen LogP contribution in [0.2, 0.25) is 0 Å². The van der Waals surface area contributed by atoms with E-state index in [9.17, 15) is 0 Å². The molecule has 0 radical (unpaired) electrons. The van der Waals surface area contributed by atoms with Crippen LogP contribution in [-0.4, -0.2) is 18.0 Å². The molecule has 0 aliphatic rings. The molecular weight excluding hydrogens is 216 g/mol. The van der Waals surface area contributed by atoms with Gasteiger partial charge in [-0.2, -0.15) is 0 Å². The van der Waals surface area contributed by atoms with E-state index >= 15 is 0 Å². The van der Waals surface area contributed by atoms with Gasteiger partial charge in [0.1, 0.15) is 0 Å². The van der Waals surface area contributed by atoms with E-state index in [1.165, 1.54) is 19.3 Å². The van der Waals surface area contributed by atoms with Crippen LogP contribution in [0.4, 0.5) is 0 Å². The summed E-state index contributed by atoms with van der Waals surface area (Å²) in [6.45, 7) is 8.32. The van der Waals surface area contributed by atoms with E-state index in [0.29, 0.717) is 4.83 Å². The summed E-state index contributed by atoms with van der Waals surface area (Å²) in [6.07, 6.45) is 3.68. The molecule has 1 atom stereocenters. The van der Waals surface area contributed by atoms with Crippen molar-refractivity contribution in [3.63, 3.8) is 0 Å². The summed E-state index contributed by atoms with van der Waals surface area (Å²) in [6, 6.07) is 0. The molecule has 74 valence electrons. The molecule has 0 heterocycles. The summed E-state index contributed by atoms with van der Waals surface area (Å²) >= 11 is 3.68. The zero-order valence-corrected chi connectivity index (χ0v) is 10.1. The Labute approximate surface area is 85.0 Å². The molecule has 0 aliphatic carbocycles. The van der Waals surface area contributed by atoms with Crippen LogP contribution in [-0.2, 0) is 4.74 Å². The van der Waals surface area contributed by atoms with Gasteiger partial charge in [0, 0.05) is 18.0 Å². The van der Waals surface area contributed by atoms with Crippen molar-refractivity contribution in [3.05, 3.63) is 0 Å². The fourth-order valence-electron chi connectivity index (χ4n) is 1.18. The van der Waals surface area contributed by atoms with Gasteiger partial charge in [0.15, 0.2) is 0 Å². The van der Waals surface area contributed by atoms with E-state index in [2.05, 4.69) is 29.8 Å². The van der Waals surface area contributed by atoms with E-state index in [1.807, 2.05) is 6.92 Å². The zero-order valence-electron chi connectivity index (χ0n) is 8.48. The van der Waals surface area contributed by atoms with Crippen LogP contribution in [0, 0.1) is 5.92 Å². The summed E-state index contributed by atoms with van der Waals surface area (Å²) in [5, 5.41) is 0. The minimum Gasteiger partial charge on any atom is -0.382 e. The highest BCUT2D eigenvalue weighted by molar-refractivity contribution is 9.09. The summed E-state index contributed by atoms with van der Waals surface area (Å²) in [5.41, 5.74) is 0. The van der Waals surface area contributed by atoms with Crippen LogP contribution < -0.4 is 0 Å². The largest absolute Gasteiger partial charge is 0.382 e. The lowest BCUT2D eigenvalue weighted by molar-refractivity contribution is 0.143. The molecule has 0 aliphatic heterocycles. The van der Waals surface area contributed by atoms with Crippen LogP contribution in [0.15, 0.2) is 0 Å². The molecule has 0 saturated heterocycles. The Kier molecular flexibility index (Phi) is 8.35. The summed E-state index contributed by atoms with van der Waals surface area (Å²) < 4.78 is 5.27. The van der Waals surface area contributed by atoms with Crippen molar-refractivity contribution in [1.29, 1.82) is 0 Å². The van der Waals surface area contributed by atoms with Gasteiger partial charge in [0.05, 0.1) is 0 Å². The number of alkyl halides is 1. The van der Waals surface area contributed by atoms with Gasteiger partial charge >= 0.3 is 0 Å². The van der Waals surface area contributed by atoms with E-state index in [1.54, 1.807) is 0 Å². The van der Waals surface area contributed by atoms with Gasteiger partial charge in [-0.1, -0.05) is 29.8 Å². The summed E-state index contributed by atoms with van der Waals surface area (Å²) in [5.74, 6) is 0.793. The summed E-state index contributed by atoms with van der Waals surface area (Å²) in [4.78, 5) is 0.679. The van der Waals surface area contributed by atoms with Gasteiger partial charge in [-0.05, 0) is 32.1 Å². The fraction of sp³-hybridized carbons (Fsp3) is 1.00. The van der Waals surface area contributed by atoms with Crippen molar-refractivity contribution < 1.29 is 4.74 Å². The van der Waals surface area contributed by atoms with Crippen molar-refractivity contribution in [2.75, 3.05) is 13.2 Å². The molecule has 0 fully saturated rings. The fourth-order valence-corrected chi connectivity index (χ4v) is 2.25. The van der Waals surface area contributed by atoms with Gasteiger partial charge in [-0.15, -0.1) is 0 Å². The van der Waals surface area contributed by atoms with Gasteiger partial charge in [-0.25, -0.2) is 0 Å². The van der Waals surface area contributed by atoms with E-state index in [-0.39, 0.29) is 0 Å². The maximum absolute atomic E-state index is 5.27. The van der Waals surface area contributed by atoms with Crippen LogP contribution in [0.1, 0.15) is 40.0 Å². The first-order valence-electron chi connectivity index (χ1n) is 4.88. The normalized spacial score (nSPS) is 13.8. The first-order valence-corrected chi connectivity index (χ1v) is 5.80. The Morgan fingerprint density at radius 3 is 2.50 bits per heavy atom. The Balaban J connectivity index is 3.14. The average molecular weight is 237 g/mol. The van der Waals surface area contributed by atoms with E-state index in [0.717, 1.165) is 19.1 Å². The van der Waals surface area contributed by atoms with Crippen molar-refractivity contribution in [3.8, 4) is 0 Å². The van der Waals surface area contributed by atoms with Crippen molar-refractivity contribution in [2.45, 2.75) is 44.9 Å². The van der Waals surface area contributed by atoms with Crippen LogP contribution in [0.3, 0.4) is 0 Å². The highest BCUT2D eigenvalue weighted by Gasteiger charge is 2.05. The first-order chi connectivity index (χ1) is 5.66. The standard InChI is InChI=1S/C10H21BrO/c1-4-12-7-5-6-10(11)8-9(2)3/h9-10H,4-8H2,1-3H3. The second-order valence-corrected chi connectivity index (χ2v) is 4.86. The highest BCUT2D eigenvalue weighted by atomic mass is 79.9. The monoisotopic (exact) mass is 236 g/mol. The Bertz CT molecular complexity index is 93.8. The predicted molar refractivity (Wildman–Crippen MR) is 57.9 cm³/mol. The first kappa shape index (κ1) is 12.4. The maximum atomic E-state index is 5.27. The maximum Gasteiger partial charge on any atom is 0.0466 e. The zero-order chi connectivity index (χ0) is 9.40. The predicted octanol–water partition coefficient (Wildman–Crippen LogP) is 3.61. The molecule has 2 heteroatoms. The molecule has 0 rings (SSSR count). The minimum absolute atomic E-state index is 0.679. The molecule has 1 unspecified atom stereocenters. The van der Waals surface area contributed by atoms with E-state index < -0.39 is 0 Å². The molecular formula is C10H21BrO. The van der Waals surface area contributed by atoms with Crippen LogP contribution in [0.5, 0.6) is 0 Å². The van der Waals surface area contributed by atoms with Crippen molar-refractivity contribution >= 4 is 15.9 Å². The number of halogens is 1. The van der Waals surface area contributed by atoms with Crippen molar-refractivity contribution in [1.82, 2.24) is 0 Å². The molecule has 0 saturated carbocycles. The number of hydrogen-bond acceptors (Lipinski definition) is 1. The number of ether oxygens (including phenoxy) is 1. The average Bonchev–Trinajstić information content (AvgIpc) is 1.97. The lowest BCUT2D eigenvalue weighted by atomic mass is 10.1. The van der Waals surface area contributed by atoms with Gasteiger partial charge in [0.2, 0.25) is 0 Å². The molecule has 0 amide bonds. The third-order valence-electron chi connectivity index (χ3n) is 1.74. The Morgan fingerprint density at radius 2 is 2.00 bits per heavy atom. The Hall–Kier alpha value is 0.440. The molecule has 0 spiro atoms. The third kappa shape index (κ3) is 8.54. The second-order valence-electron chi connectivity index (χ2n) is 3.57. The molecule has 0 N–H and O–H groups in total. The topological polar surface area (TPSA) is 9.23 Å². The van der Waals surface area contributed by atoms with Gasteiger partial charge < -0.3 is 4.74 Å². The number of hydrogen-bond donors (Lipinski definition) is 0. The molecule has 0 aromatic rings. The molecule has 12 heavy (non-hydrogen) atoms. The molecule has 1 nitrogen and oxygen atoms in total. The highest BCUT2D eigenvalue weighted by Crippen LogP contribution is 2.17. The lowest BCUT2D eigenvalue weighted by Gasteiger charge is -2.11. The van der Waals surface area contributed by atoms with Gasteiger partial charge in [-0.3, -0.25) is 0 Å². The van der Waals surface area contributed by atoms with Crippen LogP contribution in [0.25, 0.3) is 0 Å². The molecule has 0 aromatic carbocycles. The number of rotatable bonds is 7. The smallest absolute Gasteiger partial charge is 0.0466 e. The molecule has 0 aromatic heterocycles. The second kappa shape index (κ2) is 8.06. The van der Waals surface area contributed by atoms with E-state index in [4.69, 9.17) is 4.74 Å². The Morgan fingerprint density at radius 1 is 1.33 bits per heavy atom.